The number of benzene rings is 2. The molecule has 3 nitrogen and oxygen atoms in total. The Hall–Kier alpha value is -1.79. The van der Waals surface area contributed by atoms with Gasteiger partial charge in [-0.2, -0.15) is 0 Å². The van der Waals surface area contributed by atoms with E-state index in [1.54, 1.807) is 12.1 Å². The summed E-state index contributed by atoms with van der Waals surface area (Å²) in [6.45, 7) is 1.83. The highest BCUT2D eigenvalue weighted by Crippen LogP contribution is 2.21. The molecule has 0 aliphatic rings. The highest BCUT2D eigenvalue weighted by molar-refractivity contribution is 7.91. The molecule has 0 aliphatic carbocycles. The Kier molecular flexibility index (Phi) is 4.39. The lowest BCUT2D eigenvalue weighted by atomic mass is 10.0. The third kappa shape index (κ3) is 3.46. The van der Waals surface area contributed by atoms with Crippen LogP contribution in [0.15, 0.2) is 47.4 Å². The first kappa shape index (κ1) is 15.6. The molecule has 0 spiro atoms. The number of aryl methyl sites for hydroxylation is 1. The molecular formula is C15H15F2NO2S. The zero-order valence-corrected chi connectivity index (χ0v) is 12.2. The first-order valence-corrected chi connectivity index (χ1v) is 7.95. The van der Waals surface area contributed by atoms with Crippen molar-refractivity contribution < 1.29 is 17.2 Å². The molecule has 112 valence electrons. The summed E-state index contributed by atoms with van der Waals surface area (Å²) in [6, 6.07) is 8.96. The predicted octanol–water partition coefficient (Wildman–Crippen LogP) is 2.75. The second-order valence-corrected chi connectivity index (χ2v) is 6.85. The first-order valence-electron chi connectivity index (χ1n) is 6.30. The van der Waals surface area contributed by atoms with Crippen molar-refractivity contribution >= 4 is 9.84 Å². The zero-order valence-electron chi connectivity index (χ0n) is 11.4. The highest BCUT2D eigenvalue weighted by Gasteiger charge is 2.22. The van der Waals surface area contributed by atoms with E-state index in [0.29, 0.717) is 11.6 Å². The van der Waals surface area contributed by atoms with Crippen LogP contribution < -0.4 is 5.73 Å². The SMILES string of the molecule is Cc1ccccc1C(N)CS(=O)(=O)c1ccc(F)c(F)c1. The molecule has 0 saturated carbocycles. The second-order valence-electron chi connectivity index (χ2n) is 4.82. The van der Waals surface area contributed by atoms with Crippen LogP contribution in [0.3, 0.4) is 0 Å². The Balaban J connectivity index is 2.29. The Morgan fingerprint density at radius 1 is 1.10 bits per heavy atom. The van der Waals surface area contributed by atoms with Crippen LogP contribution in [0.2, 0.25) is 0 Å². The molecule has 6 heteroatoms. The molecule has 0 heterocycles. The number of nitrogens with two attached hydrogens (primary N) is 1. The maximum absolute atomic E-state index is 13.2. The van der Waals surface area contributed by atoms with Crippen molar-refractivity contribution in [3.8, 4) is 0 Å². The molecule has 0 bridgehead atoms. The lowest BCUT2D eigenvalue weighted by molar-refractivity contribution is 0.504. The Morgan fingerprint density at radius 3 is 2.38 bits per heavy atom. The molecule has 1 atom stereocenters. The van der Waals surface area contributed by atoms with Crippen LogP contribution in [0.25, 0.3) is 0 Å². The minimum absolute atomic E-state index is 0.273. The summed E-state index contributed by atoms with van der Waals surface area (Å²) in [4.78, 5) is -0.273. The molecule has 0 saturated heterocycles. The largest absolute Gasteiger partial charge is 0.323 e. The Morgan fingerprint density at radius 2 is 1.76 bits per heavy atom. The van der Waals surface area contributed by atoms with Crippen molar-refractivity contribution in [2.24, 2.45) is 5.73 Å². The van der Waals surface area contributed by atoms with E-state index < -0.39 is 27.5 Å². The number of hydrogen-bond donors (Lipinski definition) is 1. The van der Waals surface area contributed by atoms with E-state index in [1.165, 1.54) is 0 Å². The Labute approximate surface area is 122 Å². The molecule has 0 fully saturated rings. The molecule has 0 aliphatic heterocycles. The molecule has 2 aromatic rings. The van der Waals surface area contributed by atoms with Gasteiger partial charge in [0, 0.05) is 6.04 Å². The molecule has 1 unspecified atom stereocenters. The van der Waals surface area contributed by atoms with Crippen LogP contribution in [0.4, 0.5) is 8.78 Å². The van der Waals surface area contributed by atoms with Crippen LogP contribution in [-0.2, 0) is 9.84 Å². The van der Waals surface area contributed by atoms with E-state index in [4.69, 9.17) is 5.73 Å². The minimum Gasteiger partial charge on any atom is -0.323 e. The third-order valence-corrected chi connectivity index (χ3v) is 5.01. The van der Waals surface area contributed by atoms with Crippen LogP contribution in [-0.4, -0.2) is 14.2 Å². The summed E-state index contributed by atoms with van der Waals surface area (Å²) in [5.74, 6) is -2.65. The van der Waals surface area contributed by atoms with Crippen molar-refractivity contribution in [1.29, 1.82) is 0 Å². The molecule has 21 heavy (non-hydrogen) atoms. The van der Waals surface area contributed by atoms with Gasteiger partial charge >= 0.3 is 0 Å². The van der Waals surface area contributed by atoms with Gasteiger partial charge in [0.25, 0.3) is 0 Å². The van der Waals surface area contributed by atoms with E-state index in [1.807, 2.05) is 19.1 Å². The van der Waals surface area contributed by atoms with Crippen molar-refractivity contribution in [2.75, 3.05) is 5.75 Å². The van der Waals surface area contributed by atoms with Gasteiger partial charge < -0.3 is 5.73 Å². The lowest BCUT2D eigenvalue weighted by Gasteiger charge is -2.15. The third-order valence-electron chi connectivity index (χ3n) is 3.24. The van der Waals surface area contributed by atoms with Gasteiger partial charge in [-0.25, -0.2) is 17.2 Å². The fraction of sp³-hybridized carbons (Fsp3) is 0.200. The van der Waals surface area contributed by atoms with Gasteiger partial charge in [0.05, 0.1) is 10.6 Å². The normalized spacial score (nSPS) is 13.1. The average Bonchev–Trinajstić information content (AvgIpc) is 2.41. The smallest absolute Gasteiger partial charge is 0.180 e. The molecule has 0 radical (unpaired) electrons. The summed E-state index contributed by atoms with van der Waals surface area (Å²) in [7, 11) is -3.80. The van der Waals surface area contributed by atoms with Gasteiger partial charge in [-0.1, -0.05) is 24.3 Å². The maximum atomic E-state index is 13.2. The van der Waals surface area contributed by atoms with Crippen LogP contribution in [0.5, 0.6) is 0 Å². The van der Waals surface area contributed by atoms with E-state index in [2.05, 4.69) is 0 Å². The zero-order chi connectivity index (χ0) is 15.6. The van der Waals surface area contributed by atoms with Crippen molar-refractivity contribution in [3.63, 3.8) is 0 Å². The fourth-order valence-electron chi connectivity index (χ4n) is 2.10. The van der Waals surface area contributed by atoms with E-state index in [-0.39, 0.29) is 10.6 Å². The summed E-state index contributed by atoms with van der Waals surface area (Å²) in [5, 5.41) is 0. The topological polar surface area (TPSA) is 60.2 Å². The van der Waals surface area contributed by atoms with Gasteiger partial charge in [-0.3, -0.25) is 0 Å². The van der Waals surface area contributed by atoms with Crippen LogP contribution >= 0.6 is 0 Å². The number of halogens is 2. The van der Waals surface area contributed by atoms with Crippen molar-refractivity contribution in [3.05, 3.63) is 65.2 Å². The monoisotopic (exact) mass is 311 g/mol. The molecule has 2 rings (SSSR count). The standard InChI is InChI=1S/C15H15F2NO2S/c1-10-4-2-3-5-12(10)15(18)9-21(19,20)11-6-7-13(16)14(17)8-11/h2-8,15H,9,18H2,1H3. The summed E-state index contributed by atoms with van der Waals surface area (Å²) in [6.07, 6.45) is 0. The van der Waals surface area contributed by atoms with Gasteiger partial charge in [0.15, 0.2) is 21.5 Å². The van der Waals surface area contributed by atoms with E-state index in [0.717, 1.165) is 17.7 Å². The number of rotatable bonds is 4. The average molecular weight is 311 g/mol. The van der Waals surface area contributed by atoms with Gasteiger partial charge in [-0.05, 0) is 36.2 Å². The molecule has 2 aromatic carbocycles. The Bertz CT molecular complexity index is 760. The van der Waals surface area contributed by atoms with E-state index in [9.17, 15) is 17.2 Å². The fourth-order valence-corrected chi connectivity index (χ4v) is 3.50. The lowest BCUT2D eigenvalue weighted by Crippen LogP contribution is -2.22. The number of sulfone groups is 1. The molecule has 2 N–H and O–H groups in total. The molecular weight excluding hydrogens is 296 g/mol. The van der Waals surface area contributed by atoms with Crippen molar-refractivity contribution in [1.82, 2.24) is 0 Å². The first-order chi connectivity index (χ1) is 9.81. The molecule has 0 aromatic heterocycles. The second kappa shape index (κ2) is 5.91. The van der Waals surface area contributed by atoms with Gasteiger partial charge in [-0.15, -0.1) is 0 Å². The van der Waals surface area contributed by atoms with Gasteiger partial charge in [0.2, 0.25) is 0 Å². The van der Waals surface area contributed by atoms with Crippen LogP contribution in [0, 0.1) is 18.6 Å². The maximum Gasteiger partial charge on any atom is 0.180 e. The van der Waals surface area contributed by atoms with E-state index >= 15 is 0 Å². The molecule has 0 amide bonds. The van der Waals surface area contributed by atoms with Gasteiger partial charge in [0.1, 0.15) is 0 Å². The number of hydrogen-bond acceptors (Lipinski definition) is 3. The summed E-state index contributed by atoms with van der Waals surface area (Å²) in [5.41, 5.74) is 7.53. The summed E-state index contributed by atoms with van der Waals surface area (Å²) < 4.78 is 50.5. The van der Waals surface area contributed by atoms with Crippen molar-refractivity contribution in [2.45, 2.75) is 17.9 Å². The predicted molar refractivity (Wildman–Crippen MR) is 76.5 cm³/mol. The minimum atomic E-state index is -3.80. The van der Waals surface area contributed by atoms with Crippen LogP contribution in [0.1, 0.15) is 17.2 Å². The quantitative estimate of drug-likeness (QED) is 0.883. The summed E-state index contributed by atoms with van der Waals surface area (Å²) >= 11 is 0. The highest BCUT2D eigenvalue weighted by atomic mass is 32.2.